The quantitative estimate of drug-likeness (QED) is 0.779. The molecule has 0 spiro atoms. The fraction of sp³-hybridized carbons (Fsp3) is 0.316. The molecule has 2 aromatic heterocycles. The summed E-state index contributed by atoms with van der Waals surface area (Å²) in [4.78, 5) is 13.0. The number of nitrogens with one attached hydrogen (secondary N) is 1. The van der Waals surface area contributed by atoms with Crippen LogP contribution in [0.1, 0.15) is 30.0 Å². The summed E-state index contributed by atoms with van der Waals surface area (Å²) in [6, 6.07) is 9.34. The monoisotopic (exact) mass is 333 g/mol. The van der Waals surface area contributed by atoms with E-state index in [0.29, 0.717) is 17.0 Å². The number of hydrogen-bond donors (Lipinski definition) is 1. The fourth-order valence-corrected chi connectivity index (χ4v) is 3.59. The normalized spacial score (nSPS) is 15.4. The first kappa shape index (κ1) is 15.6. The molecule has 1 saturated heterocycles. The van der Waals surface area contributed by atoms with Crippen molar-refractivity contribution in [2.24, 2.45) is 7.05 Å². The number of piperidine rings is 1. The molecule has 3 heterocycles. The molecule has 1 aromatic carbocycles. The molecular weight excluding hydrogens is 314 g/mol. The van der Waals surface area contributed by atoms with Crippen molar-refractivity contribution >= 4 is 5.52 Å². The molecule has 1 aliphatic rings. The summed E-state index contributed by atoms with van der Waals surface area (Å²) in [5, 5.41) is 16.7. The molecule has 1 N–H and O–H groups in total. The van der Waals surface area contributed by atoms with Crippen LogP contribution in [-0.2, 0) is 7.05 Å². The minimum Gasteiger partial charge on any atom is -0.317 e. The van der Waals surface area contributed by atoms with Crippen LogP contribution >= 0.6 is 0 Å². The van der Waals surface area contributed by atoms with E-state index < -0.39 is 0 Å². The van der Waals surface area contributed by atoms with Gasteiger partial charge in [-0.2, -0.15) is 10.4 Å². The lowest BCUT2D eigenvalue weighted by atomic mass is 9.94. The number of nitriles is 1. The highest BCUT2D eigenvalue weighted by molar-refractivity contribution is 5.79. The van der Waals surface area contributed by atoms with Gasteiger partial charge in [0.2, 0.25) is 0 Å². The number of aromatic nitrogens is 3. The molecule has 0 aliphatic carbocycles. The van der Waals surface area contributed by atoms with Gasteiger partial charge in [-0.3, -0.25) is 4.79 Å². The Morgan fingerprint density at radius 3 is 2.64 bits per heavy atom. The zero-order chi connectivity index (χ0) is 17.4. The number of benzene rings is 1. The second kappa shape index (κ2) is 6.19. The van der Waals surface area contributed by atoms with Crippen LogP contribution in [0.3, 0.4) is 0 Å². The van der Waals surface area contributed by atoms with Gasteiger partial charge in [0.05, 0.1) is 17.8 Å². The lowest BCUT2D eigenvalue weighted by Gasteiger charge is -2.24. The highest BCUT2D eigenvalue weighted by Crippen LogP contribution is 2.27. The Morgan fingerprint density at radius 2 is 1.96 bits per heavy atom. The van der Waals surface area contributed by atoms with Gasteiger partial charge < -0.3 is 9.88 Å². The van der Waals surface area contributed by atoms with Gasteiger partial charge in [-0.05, 0) is 43.6 Å². The molecular formula is C19H19N5O. The van der Waals surface area contributed by atoms with Crippen molar-refractivity contribution in [2.75, 3.05) is 13.1 Å². The SMILES string of the molecule is Cn1c(C2CCNCC2)cn2ncc(-c3ccc(C#N)cc3)c2c1=O. The second-order valence-corrected chi connectivity index (χ2v) is 6.48. The Kier molecular flexibility index (Phi) is 3.86. The van der Waals surface area contributed by atoms with E-state index in [0.717, 1.165) is 42.8 Å². The molecule has 0 amide bonds. The Labute approximate surface area is 145 Å². The van der Waals surface area contributed by atoms with E-state index in [2.05, 4.69) is 16.5 Å². The third-order valence-electron chi connectivity index (χ3n) is 5.03. The van der Waals surface area contributed by atoms with Gasteiger partial charge in [0, 0.05) is 30.4 Å². The summed E-state index contributed by atoms with van der Waals surface area (Å²) in [7, 11) is 1.84. The molecule has 1 fully saturated rings. The average Bonchev–Trinajstić information content (AvgIpc) is 3.09. The minimum atomic E-state index is -0.0344. The lowest BCUT2D eigenvalue weighted by molar-refractivity contribution is 0.439. The van der Waals surface area contributed by atoms with Crippen LogP contribution in [0.25, 0.3) is 16.6 Å². The Bertz CT molecular complexity index is 1020. The largest absolute Gasteiger partial charge is 0.317 e. The van der Waals surface area contributed by atoms with Crippen molar-refractivity contribution in [1.29, 1.82) is 5.26 Å². The second-order valence-electron chi connectivity index (χ2n) is 6.48. The molecule has 0 unspecified atom stereocenters. The standard InChI is InChI=1S/C19H19N5O/c1-23-17(15-6-8-21-9-7-15)12-24-18(19(23)25)16(11-22-24)14-4-2-13(10-20)3-5-14/h2-5,11-12,15,21H,6-9H2,1H3. The maximum atomic E-state index is 13.0. The molecule has 6 nitrogen and oxygen atoms in total. The van der Waals surface area contributed by atoms with E-state index >= 15 is 0 Å². The van der Waals surface area contributed by atoms with Gasteiger partial charge in [-0.15, -0.1) is 0 Å². The Morgan fingerprint density at radius 1 is 1.24 bits per heavy atom. The van der Waals surface area contributed by atoms with Crippen LogP contribution in [0.4, 0.5) is 0 Å². The minimum absolute atomic E-state index is 0.0344. The predicted octanol–water partition coefficient (Wildman–Crippen LogP) is 2.04. The molecule has 0 bridgehead atoms. The van der Waals surface area contributed by atoms with E-state index in [9.17, 15) is 4.79 Å². The van der Waals surface area contributed by atoms with Crippen molar-refractivity contribution in [1.82, 2.24) is 19.5 Å². The Balaban J connectivity index is 1.85. The van der Waals surface area contributed by atoms with Crippen molar-refractivity contribution in [2.45, 2.75) is 18.8 Å². The molecule has 6 heteroatoms. The van der Waals surface area contributed by atoms with Gasteiger partial charge in [0.25, 0.3) is 5.56 Å². The van der Waals surface area contributed by atoms with Gasteiger partial charge in [0.15, 0.2) is 0 Å². The molecule has 0 radical (unpaired) electrons. The first-order chi connectivity index (χ1) is 12.2. The van der Waals surface area contributed by atoms with E-state index in [4.69, 9.17) is 5.26 Å². The van der Waals surface area contributed by atoms with Crippen LogP contribution in [0, 0.1) is 11.3 Å². The summed E-state index contributed by atoms with van der Waals surface area (Å²) in [6.07, 6.45) is 5.77. The smallest absolute Gasteiger partial charge is 0.277 e. The summed E-state index contributed by atoms with van der Waals surface area (Å²) < 4.78 is 3.47. The van der Waals surface area contributed by atoms with Crippen LogP contribution in [-0.4, -0.2) is 27.3 Å². The van der Waals surface area contributed by atoms with Gasteiger partial charge in [0.1, 0.15) is 5.52 Å². The Hall–Kier alpha value is -2.91. The van der Waals surface area contributed by atoms with Crippen LogP contribution in [0.2, 0.25) is 0 Å². The van der Waals surface area contributed by atoms with Gasteiger partial charge in [-0.1, -0.05) is 12.1 Å². The highest BCUT2D eigenvalue weighted by Gasteiger charge is 2.21. The van der Waals surface area contributed by atoms with Crippen LogP contribution in [0.15, 0.2) is 41.5 Å². The topological polar surface area (TPSA) is 75.1 Å². The van der Waals surface area contributed by atoms with E-state index in [-0.39, 0.29) is 5.56 Å². The third kappa shape index (κ3) is 2.63. The summed E-state index contributed by atoms with van der Waals surface area (Å²) in [5.74, 6) is 0.380. The summed E-state index contributed by atoms with van der Waals surface area (Å²) in [5.41, 5.74) is 3.86. The fourth-order valence-electron chi connectivity index (χ4n) is 3.59. The molecule has 0 atom stereocenters. The first-order valence-electron chi connectivity index (χ1n) is 8.47. The van der Waals surface area contributed by atoms with Crippen LogP contribution in [0.5, 0.6) is 0 Å². The summed E-state index contributed by atoms with van der Waals surface area (Å²) in [6.45, 7) is 1.96. The van der Waals surface area contributed by atoms with Crippen molar-refractivity contribution in [3.05, 3.63) is 58.3 Å². The zero-order valence-electron chi connectivity index (χ0n) is 14.1. The average molecular weight is 333 g/mol. The first-order valence-corrected chi connectivity index (χ1v) is 8.47. The highest BCUT2D eigenvalue weighted by atomic mass is 16.1. The van der Waals surface area contributed by atoms with E-state index in [1.807, 2.05) is 25.4 Å². The van der Waals surface area contributed by atoms with Crippen molar-refractivity contribution in [3.8, 4) is 17.2 Å². The molecule has 4 rings (SSSR count). The van der Waals surface area contributed by atoms with E-state index in [1.54, 1.807) is 27.4 Å². The van der Waals surface area contributed by atoms with Crippen LogP contribution < -0.4 is 10.9 Å². The maximum absolute atomic E-state index is 13.0. The molecule has 126 valence electrons. The molecule has 25 heavy (non-hydrogen) atoms. The third-order valence-corrected chi connectivity index (χ3v) is 5.03. The molecule has 3 aromatic rings. The molecule has 0 saturated carbocycles. The summed E-state index contributed by atoms with van der Waals surface area (Å²) >= 11 is 0. The predicted molar refractivity (Wildman–Crippen MR) is 95.4 cm³/mol. The molecule has 1 aliphatic heterocycles. The van der Waals surface area contributed by atoms with Gasteiger partial charge in [-0.25, -0.2) is 4.52 Å². The number of rotatable bonds is 2. The number of nitrogens with zero attached hydrogens (tertiary/aromatic N) is 4. The lowest BCUT2D eigenvalue weighted by Crippen LogP contribution is -2.31. The number of hydrogen-bond acceptors (Lipinski definition) is 4. The zero-order valence-corrected chi connectivity index (χ0v) is 14.1. The van der Waals surface area contributed by atoms with Crippen molar-refractivity contribution < 1.29 is 0 Å². The van der Waals surface area contributed by atoms with E-state index in [1.165, 1.54) is 0 Å². The van der Waals surface area contributed by atoms with Crippen molar-refractivity contribution in [3.63, 3.8) is 0 Å². The maximum Gasteiger partial charge on any atom is 0.277 e. The van der Waals surface area contributed by atoms with Gasteiger partial charge >= 0.3 is 0 Å². The number of fused-ring (bicyclic) bond motifs is 1.